The van der Waals surface area contributed by atoms with E-state index in [0.29, 0.717) is 11.5 Å². The topological polar surface area (TPSA) is 29.5 Å². The number of aliphatic hydroxyl groups excluding tert-OH is 1. The molecule has 1 aromatic carbocycles. The first-order valence-corrected chi connectivity index (χ1v) is 7.21. The summed E-state index contributed by atoms with van der Waals surface area (Å²) in [4.78, 5) is 0. The van der Waals surface area contributed by atoms with E-state index in [9.17, 15) is 9.50 Å². The lowest BCUT2D eigenvalue weighted by atomic mass is 9.83. The van der Waals surface area contributed by atoms with Crippen LogP contribution in [0.2, 0.25) is 0 Å². The maximum absolute atomic E-state index is 13.9. The maximum Gasteiger partial charge on any atom is 0.167 e. The van der Waals surface area contributed by atoms with E-state index in [2.05, 4.69) is 6.92 Å². The van der Waals surface area contributed by atoms with E-state index >= 15 is 0 Å². The molecule has 1 N–H and O–H groups in total. The van der Waals surface area contributed by atoms with Crippen molar-refractivity contribution >= 4 is 0 Å². The number of hydrogen-bond donors (Lipinski definition) is 1. The van der Waals surface area contributed by atoms with Crippen LogP contribution in [0, 0.1) is 18.7 Å². The summed E-state index contributed by atoms with van der Waals surface area (Å²) in [7, 11) is 0. The molecule has 3 unspecified atom stereocenters. The molecule has 0 saturated heterocycles. The molecular formula is C16H23FO2. The normalized spacial score (nSPS) is 27.3. The van der Waals surface area contributed by atoms with Gasteiger partial charge in [0.25, 0.3) is 0 Å². The van der Waals surface area contributed by atoms with Gasteiger partial charge < -0.3 is 9.84 Å². The Balaban J connectivity index is 2.05. The first-order chi connectivity index (χ1) is 9.11. The fourth-order valence-electron chi connectivity index (χ4n) is 2.87. The van der Waals surface area contributed by atoms with Gasteiger partial charge in [0.1, 0.15) is 6.10 Å². The van der Waals surface area contributed by atoms with Crippen molar-refractivity contribution in [2.24, 2.45) is 5.92 Å². The summed E-state index contributed by atoms with van der Waals surface area (Å²) in [6.07, 6.45) is 4.17. The third-order valence-corrected chi connectivity index (χ3v) is 4.00. The Morgan fingerprint density at radius 1 is 1.37 bits per heavy atom. The molecule has 0 amide bonds. The molecule has 1 fully saturated rings. The minimum atomic E-state index is -0.479. The molecule has 2 rings (SSSR count). The predicted molar refractivity (Wildman–Crippen MR) is 73.8 cm³/mol. The molecule has 1 aliphatic rings. The Labute approximate surface area is 114 Å². The molecule has 2 nitrogen and oxygen atoms in total. The fraction of sp³-hybridized carbons (Fsp3) is 0.625. The quantitative estimate of drug-likeness (QED) is 0.897. The number of rotatable bonds is 4. The van der Waals surface area contributed by atoms with Crippen molar-refractivity contribution < 1.29 is 14.2 Å². The van der Waals surface area contributed by atoms with Gasteiger partial charge in [-0.2, -0.15) is 0 Å². The lowest BCUT2D eigenvalue weighted by Gasteiger charge is -2.33. The van der Waals surface area contributed by atoms with E-state index in [1.54, 1.807) is 25.1 Å². The highest BCUT2D eigenvalue weighted by molar-refractivity contribution is 5.30. The predicted octanol–water partition coefficient (Wildman–Crippen LogP) is 3.84. The molecule has 0 spiro atoms. The molecule has 1 saturated carbocycles. The van der Waals surface area contributed by atoms with Gasteiger partial charge in [0.15, 0.2) is 11.6 Å². The van der Waals surface area contributed by atoms with Gasteiger partial charge in [0, 0.05) is 0 Å². The van der Waals surface area contributed by atoms with Gasteiger partial charge in [0.05, 0.1) is 6.10 Å². The van der Waals surface area contributed by atoms with Crippen molar-refractivity contribution in [3.8, 4) is 5.75 Å². The van der Waals surface area contributed by atoms with Crippen LogP contribution in [0.3, 0.4) is 0 Å². The van der Waals surface area contributed by atoms with Crippen LogP contribution < -0.4 is 4.74 Å². The van der Waals surface area contributed by atoms with E-state index in [1.807, 2.05) is 0 Å². The van der Waals surface area contributed by atoms with Gasteiger partial charge in [-0.15, -0.1) is 0 Å². The van der Waals surface area contributed by atoms with Gasteiger partial charge in [0.2, 0.25) is 0 Å². The van der Waals surface area contributed by atoms with Crippen LogP contribution in [0.1, 0.15) is 44.6 Å². The molecule has 1 aromatic rings. The van der Waals surface area contributed by atoms with Crippen molar-refractivity contribution in [2.45, 2.75) is 58.2 Å². The Morgan fingerprint density at radius 2 is 2.16 bits per heavy atom. The van der Waals surface area contributed by atoms with Crippen molar-refractivity contribution in [2.75, 3.05) is 0 Å². The van der Waals surface area contributed by atoms with Gasteiger partial charge in [-0.1, -0.05) is 31.9 Å². The molecule has 0 bridgehead atoms. The molecule has 0 aromatic heterocycles. The van der Waals surface area contributed by atoms with Crippen molar-refractivity contribution in [1.29, 1.82) is 0 Å². The number of aryl methyl sites for hydroxylation is 1. The zero-order chi connectivity index (χ0) is 13.8. The van der Waals surface area contributed by atoms with Crippen LogP contribution in [0.5, 0.6) is 5.75 Å². The minimum Gasteiger partial charge on any atom is -0.485 e. The molecule has 0 radical (unpaired) electrons. The number of halogens is 1. The van der Waals surface area contributed by atoms with E-state index in [1.165, 1.54) is 0 Å². The number of hydrogen-bond acceptors (Lipinski definition) is 2. The van der Waals surface area contributed by atoms with Crippen LogP contribution in [-0.4, -0.2) is 17.3 Å². The van der Waals surface area contributed by atoms with Crippen LogP contribution in [0.4, 0.5) is 4.39 Å². The summed E-state index contributed by atoms with van der Waals surface area (Å²) in [5.41, 5.74) is 0.577. The summed E-state index contributed by atoms with van der Waals surface area (Å²) in [5.74, 6) is 0.541. The molecular weight excluding hydrogens is 243 g/mol. The summed E-state index contributed by atoms with van der Waals surface area (Å²) < 4.78 is 19.7. The molecule has 0 aliphatic heterocycles. The molecule has 0 heterocycles. The fourth-order valence-corrected chi connectivity index (χ4v) is 2.87. The molecule has 106 valence electrons. The largest absolute Gasteiger partial charge is 0.485 e. The van der Waals surface area contributed by atoms with E-state index < -0.39 is 6.10 Å². The van der Waals surface area contributed by atoms with E-state index in [4.69, 9.17) is 4.74 Å². The molecule has 19 heavy (non-hydrogen) atoms. The van der Waals surface area contributed by atoms with Crippen molar-refractivity contribution in [1.82, 2.24) is 0 Å². The third kappa shape index (κ3) is 3.47. The second kappa shape index (κ2) is 6.38. The van der Waals surface area contributed by atoms with Crippen molar-refractivity contribution in [3.63, 3.8) is 0 Å². The van der Waals surface area contributed by atoms with Crippen LogP contribution in [-0.2, 0) is 0 Å². The Hall–Kier alpha value is -1.09. The zero-order valence-electron chi connectivity index (χ0n) is 11.7. The summed E-state index contributed by atoms with van der Waals surface area (Å²) in [6, 6.07) is 5.14. The highest BCUT2D eigenvalue weighted by Gasteiger charge is 2.30. The zero-order valence-corrected chi connectivity index (χ0v) is 11.7. The number of aliphatic hydroxyl groups is 1. The van der Waals surface area contributed by atoms with Crippen LogP contribution >= 0.6 is 0 Å². The van der Waals surface area contributed by atoms with Gasteiger partial charge in [-0.25, -0.2) is 4.39 Å². The second-order valence-electron chi connectivity index (χ2n) is 5.58. The second-order valence-corrected chi connectivity index (χ2v) is 5.58. The highest BCUT2D eigenvalue weighted by atomic mass is 19.1. The first-order valence-electron chi connectivity index (χ1n) is 7.21. The first kappa shape index (κ1) is 14.3. The SMILES string of the molecule is CCCC1CCC(O)C(Oc2cccc(C)c2F)C1. The summed E-state index contributed by atoms with van der Waals surface area (Å²) >= 11 is 0. The van der Waals surface area contributed by atoms with Gasteiger partial charge in [-0.3, -0.25) is 0 Å². The van der Waals surface area contributed by atoms with Crippen molar-refractivity contribution in [3.05, 3.63) is 29.6 Å². The van der Waals surface area contributed by atoms with E-state index in [0.717, 1.165) is 32.1 Å². The van der Waals surface area contributed by atoms with E-state index in [-0.39, 0.29) is 17.7 Å². The van der Waals surface area contributed by atoms with Crippen LogP contribution in [0.25, 0.3) is 0 Å². The average molecular weight is 266 g/mol. The summed E-state index contributed by atoms with van der Waals surface area (Å²) in [5, 5.41) is 10.0. The Kier molecular flexibility index (Phi) is 4.81. The number of ether oxygens (including phenoxy) is 1. The molecule has 3 heteroatoms. The molecule has 3 atom stereocenters. The molecule has 1 aliphatic carbocycles. The average Bonchev–Trinajstić information content (AvgIpc) is 2.39. The Morgan fingerprint density at radius 3 is 2.89 bits per heavy atom. The highest BCUT2D eigenvalue weighted by Crippen LogP contribution is 2.32. The summed E-state index contributed by atoms with van der Waals surface area (Å²) in [6.45, 7) is 3.89. The van der Waals surface area contributed by atoms with Gasteiger partial charge >= 0.3 is 0 Å². The maximum atomic E-state index is 13.9. The minimum absolute atomic E-state index is 0.265. The van der Waals surface area contributed by atoms with Crippen LogP contribution in [0.15, 0.2) is 18.2 Å². The Bertz CT molecular complexity index is 419. The third-order valence-electron chi connectivity index (χ3n) is 4.00. The smallest absolute Gasteiger partial charge is 0.167 e. The van der Waals surface area contributed by atoms with Gasteiger partial charge in [-0.05, 0) is 43.7 Å². The lowest BCUT2D eigenvalue weighted by molar-refractivity contribution is -0.0134. The lowest BCUT2D eigenvalue weighted by Crippen LogP contribution is -2.38. The standard InChI is InChI=1S/C16H23FO2/c1-3-5-12-8-9-13(18)15(10-12)19-14-7-4-6-11(2)16(14)17/h4,6-7,12-13,15,18H,3,5,8-10H2,1-2H3. The number of benzene rings is 1. The monoisotopic (exact) mass is 266 g/mol.